The second kappa shape index (κ2) is 2.86. The van der Waals surface area contributed by atoms with Crippen LogP contribution >= 0.6 is 0 Å². The Labute approximate surface area is 86.9 Å². The second-order valence-electron chi connectivity index (χ2n) is 3.99. The van der Waals surface area contributed by atoms with Crippen molar-refractivity contribution in [1.82, 2.24) is 4.57 Å². The summed E-state index contributed by atoms with van der Waals surface area (Å²) < 4.78 is 1.96. The predicted molar refractivity (Wildman–Crippen MR) is 57.2 cm³/mol. The number of aromatic carboxylic acids is 1. The van der Waals surface area contributed by atoms with E-state index in [1.807, 2.05) is 28.8 Å². The summed E-state index contributed by atoms with van der Waals surface area (Å²) in [5.74, 6) is -0.835. The molecule has 1 fully saturated rings. The summed E-state index contributed by atoms with van der Waals surface area (Å²) in [4.78, 5) is 11.1. The number of nitrogens with zero attached hydrogens (tertiary/aromatic N) is 1. The third-order valence-electron chi connectivity index (χ3n) is 2.88. The molecule has 1 aromatic carbocycles. The largest absolute Gasteiger partial charge is 0.477 e. The summed E-state index contributed by atoms with van der Waals surface area (Å²) in [7, 11) is 0. The van der Waals surface area contributed by atoms with Crippen molar-refractivity contribution in [3.63, 3.8) is 0 Å². The van der Waals surface area contributed by atoms with E-state index in [9.17, 15) is 4.79 Å². The third-order valence-corrected chi connectivity index (χ3v) is 2.88. The highest BCUT2D eigenvalue weighted by Gasteiger charge is 2.29. The molecule has 0 unspecified atom stereocenters. The smallest absolute Gasteiger partial charge is 0.352 e. The zero-order valence-electron chi connectivity index (χ0n) is 8.18. The second-order valence-corrected chi connectivity index (χ2v) is 3.99. The Kier molecular flexibility index (Phi) is 1.63. The first-order valence-electron chi connectivity index (χ1n) is 5.10. The van der Waals surface area contributed by atoms with Gasteiger partial charge in [0.05, 0.1) is 0 Å². The molecule has 76 valence electrons. The van der Waals surface area contributed by atoms with Gasteiger partial charge in [0, 0.05) is 16.9 Å². The number of rotatable bonds is 2. The maximum atomic E-state index is 11.1. The van der Waals surface area contributed by atoms with Crippen LogP contribution in [0.25, 0.3) is 10.9 Å². The molecule has 1 aliphatic rings. The van der Waals surface area contributed by atoms with Crippen LogP contribution in [-0.4, -0.2) is 15.6 Å². The van der Waals surface area contributed by atoms with E-state index < -0.39 is 5.97 Å². The number of carbonyl (C=O) groups is 1. The lowest BCUT2D eigenvalue weighted by Gasteiger charge is -2.05. The summed E-state index contributed by atoms with van der Waals surface area (Å²) in [5, 5.41) is 10.1. The van der Waals surface area contributed by atoms with E-state index in [0.717, 1.165) is 23.7 Å². The molecule has 1 aromatic heterocycles. The Morgan fingerprint density at radius 3 is 2.73 bits per heavy atom. The molecule has 1 heterocycles. The first-order valence-corrected chi connectivity index (χ1v) is 5.10. The first kappa shape index (κ1) is 8.53. The van der Waals surface area contributed by atoms with Crippen LogP contribution in [0, 0.1) is 0 Å². The standard InChI is InChI=1S/C12H11NO2/c14-12(15)11-7-8-3-1-2-4-10(8)13(11)9-5-6-9/h1-4,7,9H,5-6H2,(H,14,15). The van der Waals surface area contributed by atoms with E-state index in [1.165, 1.54) is 0 Å². The van der Waals surface area contributed by atoms with Gasteiger partial charge < -0.3 is 9.67 Å². The van der Waals surface area contributed by atoms with E-state index >= 15 is 0 Å². The highest BCUT2D eigenvalue weighted by Crippen LogP contribution is 2.39. The molecule has 0 saturated heterocycles. The topological polar surface area (TPSA) is 42.2 Å². The van der Waals surface area contributed by atoms with Gasteiger partial charge in [-0.1, -0.05) is 18.2 Å². The average Bonchev–Trinajstić information content (AvgIpc) is 2.98. The van der Waals surface area contributed by atoms with Gasteiger partial charge in [-0.3, -0.25) is 0 Å². The Bertz CT molecular complexity index is 538. The van der Waals surface area contributed by atoms with Crippen molar-refractivity contribution in [3.8, 4) is 0 Å². The van der Waals surface area contributed by atoms with Gasteiger partial charge in [-0.25, -0.2) is 4.79 Å². The van der Waals surface area contributed by atoms with E-state index in [4.69, 9.17) is 5.11 Å². The molecule has 1 N–H and O–H groups in total. The maximum absolute atomic E-state index is 11.1. The zero-order valence-corrected chi connectivity index (χ0v) is 8.18. The van der Waals surface area contributed by atoms with Crippen LogP contribution in [-0.2, 0) is 0 Å². The molecule has 0 bridgehead atoms. The van der Waals surface area contributed by atoms with E-state index in [1.54, 1.807) is 6.07 Å². The number of carboxylic acid groups (broad SMARTS) is 1. The molecule has 2 aromatic rings. The van der Waals surface area contributed by atoms with Crippen LogP contribution in [0.2, 0.25) is 0 Å². The van der Waals surface area contributed by atoms with Crippen molar-refractivity contribution in [2.24, 2.45) is 0 Å². The molecule has 0 aliphatic heterocycles. The molecule has 0 amide bonds. The molecule has 1 aliphatic carbocycles. The third kappa shape index (κ3) is 1.23. The molecule has 1 saturated carbocycles. The molecule has 3 nitrogen and oxygen atoms in total. The van der Waals surface area contributed by atoms with Gasteiger partial charge >= 0.3 is 5.97 Å². The summed E-state index contributed by atoms with van der Waals surface area (Å²) >= 11 is 0. The van der Waals surface area contributed by atoms with Crippen molar-refractivity contribution < 1.29 is 9.90 Å². The molecule has 3 rings (SSSR count). The molecule has 15 heavy (non-hydrogen) atoms. The van der Waals surface area contributed by atoms with Crippen molar-refractivity contribution in [2.45, 2.75) is 18.9 Å². The molecule has 3 heteroatoms. The molecule has 0 radical (unpaired) electrons. The van der Waals surface area contributed by atoms with E-state index in [-0.39, 0.29) is 0 Å². The van der Waals surface area contributed by atoms with Crippen molar-refractivity contribution >= 4 is 16.9 Å². The fourth-order valence-electron chi connectivity index (χ4n) is 2.07. The lowest BCUT2D eigenvalue weighted by molar-refractivity contribution is 0.0685. The summed E-state index contributed by atoms with van der Waals surface area (Å²) in [6, 6.07) is 9.99. The minimum Gasteiger partial charge on any atom is -0.477 e. The van der Waals surface area contributed by atoms with Gasteiger partial charge in [-0.2, -0.15) is 0 Å². The number of fused-ring (bicyclic) bond motifs is 1. The lowest BCUT2D eigenvalue weighted by atomic mass is 10.2. The molecular weight excluding hydrogens is 190 g/mol. The van der Waals surface area contributed by atoms with Crippen molar-refractivity contribution in [1.29, 1.82) is 0 Å². The molecular formula is C12H11NO2. The zero-order chi connectivity index (χ0) is 10.4. The highest BCUT2D eigenvalue weighted by molar-refractivity contribution is 5.94. The monoisotopic (exact) mass is 201 g/mol. The number of aromatic nitrogens is 1. The van der Waals surface area contributed by atoms with Crippen LogP contribution < -0.4 is 0 Å². The number of para-hydroxylation sites is 1. The number of hydrogen-bond donors (Lipinski definition) is 1. The van der Waals surface area contributed by atoms with Gasteiger partial charge in [0.15, 0.2) is 0 Å². The summed E-state index contributed by atoms with van der Waals surface area (Å²) in [5.41, 5.74) is 1.45. The number of benzene rings is 1. The van der Waals surface area contributed by atoms with Crippen LogP contribution in [0.4, 0.5) is 0 Å². The van der Waals surface area contributed by atoms with Crippen LogP contribution in [0.15, 0.2) is 30.3 Å². The minimum atomic E-state index is -0.835. The number of hydrogen-bond acceptors (Lipinski definition) is 1. The molecule has 0 atom stereocenters. The Balaban J connectivity index is 2.33. The van der Waals surface area contributed by atoms with Gasteiger partial charge in [0.25, 0.3) is 0 Å². The van der Waals surface area contributed by atoms with Crippen LogP contribution in [0.1, 0.15) is 29.4 Å². The first-order chi connectivity index (χ1) is 7.27. The van der Waals surface area contributed by atoms with Crippen LogP contribution in [0.5, 0.6) is 0 Å². The van der Waals surface area contributed by atoms with Gasteiger partial charge in [-0.15, -0.1) is 0 Å². The van der Waals surface area contributed by atoms with Gasteiger partial charge in [0.1, 0.15) is 5.69 Å². The number of carboxylic acids is 1. The Morgan fingerprint density at radius 2 is 2.07 bits per heavy atom. The quantitative estimate of drug-likeness (QED) is 0.811. The minimum absolute atomic E-state index is 0.399. The fraction of sp³-hybridized carbons (Fsp3) is 0.250. The van der Waals surface area contributed by atoms with Gasteiger partial charge in [0.2, 0.25) is 0 Å². The van der Waals surface area contributed by atoms with Crippen molar-refractivity contribution in [2.75, 3.05) is 0 Å². The summed E-state index contributed by atoms with van der Waals surface area (Å²) in [6.45, 7) is 0. The Hall–Kier alpha value is -1.77. The van der Waals surface area contributed by atoms with Crippen LogP contribution in [0.3, 0.4) is 0 Å². The summed E-state index contributed by atoms with van der Waals surface area (Å²) in [6.07, 6.45) is 2.19. The highest BCUT2D eigenvalue weighted by atomic mass is 16.4. The fourth-order valence-corrected chi connectivity index (χ4v) is 2.07. The molecule has 0 spiro atoms. The average molecular weight is 201 g/mol. The Morgan fingerprint density at radius 1 is 1.33 bits per heavy atom. The van der Waals surface area contributed by atoms with E-state index in [2.05, 4.69) is 0 Å². The van der Waals surface area contributed by atoms with Crippen molar-refractivity contribution in [3.05, 3.63) is 36.0 Å². The lowest BCUT2D eigenvalue weighted by Crippen LogP contribution is -2.06. The normalized spacial score (nSPS) is 15.7. The SMILES string of the molecule is O=C(O)c1cc2ccccc2n1C1CC1. The van der Waals surface area contributed by atoms with E-state index in [0.29, 0.717) is 11.7 Å². The predicted octanol–water partition coefficient (Wildman–Crippen LogP) is 2.67. The maximum Gasteiger partial charge on any atom is 0.352 e. The van der Waals surface area contributed by atoms with Gasteiger partial charge in [-0.05, 0) is 25.0 Å².